The number of aromatic nitrogens is 2. The topological polar surface area (TPSA) is 105 Å². The standard InChI is InChI=1S/C45H43Cl3N6O3/c1-26-9-8-16-54-41(32-15-14-29(46)23-34(32)48)33-22-30(47)24-35-38(33)39(42(54)37(26)27-10-4-2-5-11-27)40(50-35)44(55)51-36-21-28(45(56)57)25-49-43(36)53-19-17-52(18-20-53)31-12-6-3-7-13-31/h2,4-5,8,10-11,14-16,21-26,31,41,50H,3,6-7,9,12-13,17-20H2,1H3,(H,51,55)(H,56,57). The van der Waals surface area contributed by atoms with Crippen molar-refractivity contribution in [2.24, 2.45) is 5.92 Å². The molecule has 2 aromatic heterocycles. The predicted molar refractivity (Wildman–Crippen MR) is 229 cm³/mol. The van der Waals surface area contributed by atoms with Crippen molar-refractivity contribution < 1.29 is 14.7 Å². The Labute approximate surface area is 346 Å². The van der Waals surface area contributed by atoms with Gasteiger partial charge >= 0.3 is 5.97 Å². The number of pyridine rings is 1. The molecule has 3 aliphatic heterocycles. The minimum atomic E-state index is -1.12. The lowest BCUT2D eigenvalue weighted by molar-refractivity contribution is 0.0696. The number of aromatic carboxylic acids is 1. The second-order valence-electron chi connectivity index (χ2n) is 15.6. The van der Waals surface area contributed by atoms with Gasteiger partial charge in [0.15, 0.2) is 5.82 Å². The van der Waals surface area contributed by atoms with E-state index in [9.17, 15) is 9.90 Å². The number of rotatable bonds is 7. The zero-order valence-corrected chi connectivity index (χ0v) is 33.8. The van der Waals surface area contributed by atoms with Crippen LogP contribution >= 0.6 is 34.8 Å². The zero-order valence-electron chi connectivity index (χ0n) is 31.6. The number of hydrogen-bond donors (Lipinski definition) is 3. The van der Waals surface area contributed by atoms with Gasteiger partial charge in [-0.2, -0.15) is 0 Å². The number of amides is 1. The molecule has 3 aromatic carbocycles. The van der Waals surface area contributed by atoms with E-state index in [1.165, 1.54) is 44.4 Å². The van der Waals surface area contributed by atoms with Gasteiger partial charge < -0.3 is 25.2 Å². The predicted octanol–water partition coefficient (Wildman–Crippen LogP) is 10.8. The van der Waals surface area contributed by atoms with Crippen LogP contribution in [0, 0.1) is 5.92 Å². The fourth-order valence-electron chi connectivity index (χ4n) is 9.45. The third-order valence-electron chi connectivity index (χ3n) is 12.1. The first-order chi connectivity index (χ1) is 27.7. The molecule has 4 aliphatic rings. The van der Waals surface area contributed by atoms with Gasteiger partial charge in [-0.15, -0.1) is 0 Å². The Morgan fingerprint density at radius 3 is 2.40 bits per heavy atom. The molecule has 0 radical (unpaired) electrons. The third kappa shape index (κ3) is 6.99. The van der Waals surface area contributed by atoms with Crippen molar-refractivity contribution in [3.63, 3.8) is 0 Å². The molecule has 2 unspecified atom stereocenters. The van der Waals surface area contributed by atoms with Crippen molar-refractivity contribution in [1.82, 2.24) is 19.8 Å². The Hall–Kier alpha value is -4.80. The number of H-pyrrole nitrogens is 1. The number of nitrogens with one attached hydrogen (secondary N) is 2. The Balaban J connectivity index is 1.20. The molecule has 2 fully saturated rings. The highest BCUT2D eigenvalue weighted by Gasteiger charge is 2.40. The summed E-state index contributed by atoms with van der Waals surface area (Å²) in [5.41, 5.74) is 6.83. The van der Waals surface area contributed by atoms with Gasteiger partial charge in [-0.05, 0) is 77.8 Å². The second-order valence-corrected chi connectivity index (χ2v) is 16.9. The summed E-state index contributed by atoms with van der Waals surface area (Å²) < 4.78 is 0. The first-order valence-electron chi connectivity index (χ1n) is 19.7. The van der Waals surface area contributed by atoms with E-state index < -0.39 is 17.9 Å². The molecule has 12 heteroatoms. The summed E-state index contributed by atoms with van der Waals surface area (Å²) in [5.74, 6) is -0.904. The van der Waals surface area contributed by atoms with Crippen LogP contribution in [0.2, 0.25) is 15.1 Å². The van der Waals surface area contributed by atoms with Gasteiger partial charge in [0.2, 0.25) is 0 Å². The number of carboxylic acid groups (broad SMARTS) is 1. The van der Waals surface area contributed by atoms with Crippen LogP contribution in [0.3, 0.4) is 0 Å². The largest absolute Gasteiger partial charge is 0.478 e. The van der Waals surface area contributed by atoms with Crippen molar-refractivity contribution in [1.29, 1.82) is 0 Å². The molecule has 2 atom stereocenters. The van der Waals surface area contributed by atoms with Crippen molar-refractivity contribution in [2.75, 3.05) is 36.4 Å². The molecule has 292 valence electrons. The SMILES string of the molecule is CC1CC=CN2C(=C1c1ccccc1)c1c(C(=O)Nc3cc(C(=O)O)cnc3N3CCN(C4CCCCC4)CC3)[nH]c3cc(Cl)cc(c13)C2c1ccc(Cl)cc1Cl. The van der Waals surface area contributed by atoms with Gasteiger partial charge in [-0.25, -0.2) is 9.78 Å². The Kier molecular flexibility index (Phi) is 10.3. The minimum Gasteiger partial charge on any atom is -0.478 e. The number of aromatic amines is 1. The van der Waals surface area contributed by atoms with Crippen LogP contribution in [-0.4, -0.2) is 69.0 Å². The van der Waals surface area contributed by atoms with Gasteiger partial charge in [0, 0.05) is 76.2 Å². The van der Waals surface area contributed by atoms with Gasteiger partial charge in [0.05, 0.1) is 23.0 Å². The first-order valence-corrected chi connectivity index (χ1v) is 20.9. The molecule has 1 saturated carbocycles. The minimum absolute atomic E-state index is 0.00684. The van der Waals surface area contributed by atoms with Crippen LogP contribution < -0.4 is 10.2 Å². The number of halogens is 3. The van der Waals surface area contributed by atoms with E-state index in [1.807, 2.05) is 42.5 Å². The maximum absolute atomic E-state index is 15.0. The molecule has 9 rings (SSSR count). The molecule has 1 saturated heterocycles. The van der Waals surface area contributed by atoms with Crippen molar-refractivity contribution in [3.8, 4) is 0 Å². The van der Waals surface area contributed by atoms with Gasteiger partial charge in [0.1, 0.15) is 5.69 Å². The number of carboxylic acids is 1. The molecule has 5 aromatic rings. The molecule has 0 spiro atoms. The fraction of sp³-hybridized carbons (Fsp3) is 0.311. The van der Waals surface area contributed by atoms with Gasteiger partial charge in [-0.3, -0.25) is 9.69 Å². The molecule has 5 heterocycles. The first kappa shape index (κ1) is 37.8. The average Bonchev–Trinajstić information content (AvgIpc) is 3.51. The lowest BCUT2D eigenvalue weighted by atomic mass is 9.82. The lowest BCUT2D eigenvalue weighted by Crippen LogP contribution is -2.51. The van der Waals surface area contributed by atoms with E-state index in [0.29, 0.717) is 43.8 Å². The van der Waals surface area contributed by atoms with Crippen molar-refractivity contribution in [3.05, 3.63) is 134 Å². The smallest absolute Gasteiger partial charge is 0.337 e. The highest BCUT2D eigenvalue weighted by atomic mass is 35.5. The molecular formula is C45H43Cl3N6O3. The number of carbonyl (C=O) groups is 2. The maximum atomic E-state index is 15.0. The Morgan fingerprint density at radius 2 is 1.67 bits per heavy atom. The van der Waals surface area contributed by atoms with Gasteiger partial charge in [-0.1, -0.05) is 103 Å². The molecule has 3 N–H and O–H groups in total. The number of fused-ring (bicyclic) bond motifs is 2. The van der Waals surface area contributed by atoms with Gasteiger partial charge in [0.25, 0.3) is 5.91 Å². The molecule has 1 amide bonds. The molecule has 57 heavy (non-hydrogen) atoms. The van der Waals surface area contributed by atoms with Crippen LogP contribution in [0.15, 0.2) is 85.2 Å². The van der Waals surface area contributed by atoms with Crippen molar-refractivity contribution >= 4 is 80.4 Å². The molecule has 9 nitrogen and oxygen atoms in total. The van der Waals surface area contributed by atoms with Crippen LogP contribution in [0.5, 0.6) is 0 Å². The number of nitrogens with zero attached hydrogens (tertiary/aromatic N) is 4. The summed E-state index contributed by atoms with van der Waals surface area (Å²) in [5, 5.41) is 15.6. The summed E-state index contributed by atoms with van der Waals surface area (Å²) in [6.07, 6.45) is 12.7. The Bertz CT molecular complexity index is 2450. The summed E-state index contributed by atoms with van der Waals surface area (Å²) >= 11 is 20.3. The van der Waals surface area contributed by atoms with E-state index in [2.05, 4.69) is 61.3 Å². The van der Waals surface area contributed by atoms with Crippen LogP contribution in [0.25, 0.3) is 22.2 Å². The number of piperazine rings is 1. The maximum Gasteiger partial charge on any atom is 0.337 e. The molecule has 1 aliphatic carbocycles. The van der Waals surface area contributed by atoms with E-state index in [4.69, 9.17) is 34.8 Å². The number of carbonyl (C=O) groups excluding carboxylic acids is 1. The van der Waals surface area contributed by atoms with E-state index >= 15 is 4.79 Å². The highest BCUT2D eigenvalue weighted by molar-refractivity contribution is 6.35. The lowest BCUT2D eigenvalue weighted by Gasteiger charge is -2.41. The quantitative estimate of drug-likeness (QED) is 0.150. The number of anilines is 2. The van der Waals surface area contributed by atoms with E-state index in [1.54, 1.807) is 6.07 Å². The summed E-state index contributed by atoms with van der Waals surface area (Å²) in [7, 11) is 0. The second kappa shape index (κ2) is 15.5. The normalized spacial score (nSPS) is 20.1. The summed E-state index contributed by atoms with van der Waals surface area (Å²) in [6, 6.07) is 21.3. The molecule has 0 bridgehead atoms. The third-order valence-corrected chi connectivity index (χ3v) is 12.9. The monoisotopic (exact) mass is 820 g/mol. The Morgan fingerprint density at radius 1 is 0.895 bits per heavy atom. The number of hydrogen-bond acceptors (Lipinski definition) is 6. The van der Waals surface area contributed by atoms with Crippen LogP contribution in [-0.2, 0) is 0 Å². The number of benzene rings is 3. The summed E-state index contributed by atoms with van der Waals surface area (Å²) in [6.45, 7) is 5.41. The fourth-order valence-corrected chi connectivity index (χ4v) is 10.2. The number of allylic oxidation sites excluding steroid dienone is 2. The molecular weight excluding hydrogens is 779 g/mol. The zero-order chi connectivity index (χ0) is 39.4. The van der Waals surface area contributed by atoms with Crippen molar-refractivity contribution in [2.45, 2.75) is 57.5 Å². The van der Waals surface area contributed by atoms with E-state index in [-0.39, 0.29) is 11.5 Å². The van der Waals surface area contributed by atoms with Crippen LogP contribution in [0.4, 0.5) is 11.5 Å². The highest BCUT2D eigenvalue weighted by Crippen LogP contribution is 2.53. The average molecular weight is 822 g/mol. The van der Waals surface area contributed by atoms with E-state index in [0.717, 1.165) is 71.5 Å². The van der Waals surface area contributed by atoms with Crippen LogP contribution in [0.1, 0.15) is 94.6 Å². The summed E-state index contributed by atoms with van der Waals surface area (Å²) in [4.78, 5) is 42.4.